The number of aromatic nitrogens is 2. The molecule has 2 N–H and O–H groups in total. The Hall–Kier alpha value is -2.34. The first kappa shape index (κ1) is 14.1. The zero-order chi connectivity index (χ0) is 14.4. The van der Waals surface area contributed by atoms with Crippen molar-refractivity contribution in [1.82, 2.24) is 9.97 Å². The van der Waals surface area contributed by atoms with E-state index in [0.29, 0.717) is 23.2 Å². The molecule has 0 fully saturated rings. The molecule has 0 bridgehead atoms. The maximum atomic E-state index is 9.11. The third kappa shape index (κ3) is 3.36. The third-order valence-electron chi connectivity index (χ3n) is 2.63. The SMILES string of the molecule is CCNc1cc(Oc2ccc(CO)cc2OC)ncn1. The van der Waals surface area contributed by atoms with Crippen LogP contribution in [0, 0.1) is 0 Å². The largest absolute Gasteiger partial charge is 0.493 e. The van der Waals surface area contributed by atoms with Crippen LogP contribution >= 0.6 is 0 Å². The van der Waals surface area contributed by atoms with Crippen molar-refractivity contribution >= 4 is 5.82 Å². The number of nitrogens with zero attached hydrogens (tertiary/aromatic N) is 2. The van der Waals surface area contributed by atoms with Gasteiger partial charge in [0.05, 0.1) is 13.7 Å². The van der Waals surface area contributed by atoms with Gasteiger partial charge >= 0.3 is 0 Å². The number of ether oxygens (including phenoxy) is 2. The van der Waals surface area contributed by atoms with Gasteiger partial charge in [0.1, 0.15) is 12.1 Å². The Morgan fingerprint density at radius 3 is 2.75 bits per heavy atom. The topological polar surface area (TPSA) is 76.5 Å². The first-order chi connectivity index (χ1) is 9.76. The Bertz CT molecular complexity index is 575. The molecule has 0 atom stereocenters. The fraction of sp³-hybridized carbons (Fsp3) is 0.286. The number of anilines is 1. The summed E-state index contributed by atoms with van der Waals surface area (Å²) in [5, 5.41) is 12.2. The van der Waals surface area contributed by atoms with Crippen molar-refractivity contribution in [2.45, 2.75) is 13.5 Å². The van der Waals surface area contributed by atoms with Crippen LogP contribution < -0.4 is 14.8 Å². The Morgan fingerprint density at radius 2 is 2.05 bits per heavy atom. The van der Waals surface area contributed by atoms with E-state index >= 15 is 0 Å². The maximum absolute atomic E-state index is 9.11. The zero-order valence-electron chi connectivity index (χ0n) is 11.5. The minimum Gasteiger partial charge on any atom is -0.493 e. The van der Waals surface area contributed by atoms with Crippen LogP contribution in [0.1, 0.15) is 12.5 Å². The number of rotatable bonds is 6. The van der Waals surface area contributed by atoms with Crippen LogP contribution in [0.15, 0.2) is 30.6 Å². The second-order valence-corrected chi connectivity index (χ2v) is 4.02. The number of aliphatic hydroxyl groups is 1. The van der Waals surface area contributed by atoms with Crippen LogP contribution in [0.4, 0.5) is 5.82 Å². The molecule has 0 saturated carbocycles. The van der Waals surface area contributed by atoms with Crippen molar-refractivity contribution in [2.24, 2.45) is 0 Å². The highest BCUT2D eigenvalue weighted by Crippen LogP contribution is 2.31. The molecule has 6 nitrogen and oxygen atoms in total. The van der Waals surface area contributed by atoms with E-state index in [1.807, 2.05) is 6.92 Å². The molecule has 0 aliphatic rings. The zero-order valence-corrected chi connectivity index (χ0v) is 11.5. The van der Waals surface area contributed by atoms with E-state index in [4.69, 9.17) is 14.6 Å². The summed E-state index contributed by atoms with van der Waals surface area (Å²) in [5.74, 6) is 2.19. The summed E-state index contributed by atoms with van der Waals surface area (Å²) >= 11 is 0. The number of nitrogens with one attached hydrogen (secondary N) is 1. The monoisotopic (exact) mass is 275 g/mol. The number of hydrogen-bond donors (Lipinski definition) is 2. The molecule has 0 aliphatic carbocycles. The molecule has 0 aliphatic heterocycles. The summed E-state index contributed by atoms with van der Waals surface area (Å²) < 4.78 is 10.9. The molecule has 0 unspecified atom stereocenters. The van der Waals surface area contributed by atoms with Crippen molar-refractivity contribution < 1.29 is 14.6 Å². The first-order valence-electron chi connectivity index (χ1n) is 6.28. The van der Waals surface area contributed by atoms with Crippen molar-refractivity contribution in [3.05, 3.63) is 36.2 Å². The number of benzene rings is 1. The van der Waals surface area contributed by atoms with Crippen molar-refractivity contribution in [2.75, 3.05) is 19.0 Å². The molecule has 20 heavy (non-hydrogen) atoms. The summed E-state index contributed by atoms with van der Waals surface area (Å²) in [6.07, 6.45) is 1.43. The average Bonchev–Trinajstić information content (AvgIpc) is 2.48. The van der Waals surface area contributed by atoms with Gasteiger partial charge in [-0.15, -0.1) is 0 Å². The second kappa shape index (κ2) is 6.72. The maximum Gasteiger partial charge on any atom is 0.224 e. The highest BCUT2D eigenvalue weighted by atomic mass is 16.5. The van der Waals surface area contributed by atoms with Gasteiger partial charge in [0.15, 0.2) is 11.5 Å². The lowest BCUT2D eigenvalue weighted by atomic mass is 10.2. The van der Waals surface area contributed by atoms with Gasteiger partial charge in [-0.25, -0.2) is 9.97 Å². The fourth-order valence-electron chi connectivity index (χ4n) is 1.68. The summed E-state index contributed by atoms with van der Waals surface area (Å²) in [7, 11) is 1.55. The van der Waals surface area contributed by atoms with Crippen LogP contribution in [0.5, 0.6) is 17.4 Å². The van der Waals surface area contributed by atoms with E-state index < -0.39 is 0 Å². The van der Waals surface area contributed by atoms with E-state index in [1.165, 1.54) is 6.33 Å². The van der Waals surface area contributed by atoms with Crippen LogP contribution in [0.25, 0.3) is 0 Å². The first-order valence-corrected chi connectivity index (χ1v) is 6.28. The van der Waals surface area contributed by atoms with Gasteiger partial charge in [0.25, 0.3) is 0 Å². The standard InChI is InChI=1S/C14H17N3O3/c1-3-15-13-7-14(17-9-16-13)20-11-5-4-10(8-18)6-12(11)19-2/h4-7,9,18H,3,8H2,1-2H3,(H,15,16,17). The Kier molecular flexibility index (Phi) is 4.73. The van der Waals surface area contributed by atoms with Gasteiger partial charge < -0.3 is 19.9 Å². The molecule has 1 aromatic carbocycles. The third-order valence-corrected chi connectivity index (χ3v) is 2.63. The van der Waals surface area contributed by atoms with Crippen molar-refractivity contribution in [1.29, 1.82) is 0 Å². The minimum atomic E-state index is -0.0469. The predicted octanol–water partition coefficient (Wildman–Crippen LogP) is 2.20. The van der Waals surface area contributed by atoms with E-state index in [9.17, 15) is 0 Å². The van der Waals surface area contributed by atoms with Crippen LogP contribution in [-0.4, -0.2) is 28.7 Å². The van der Waals surface area contributed by atoms with Crippen molar-refractivity contribution in [3.8, 4) is 17.4 Å². The molecular formula is C14H17N3O3. The van der Waals surface area contributed by atoms with Gasteiger partial charge in [-0.05, 0) is 24.6 Å². The predicted molar refractivity (Wildman–Crippen MR) is 75.2 cm³/mol. The fourth-order valence-corrected chi connectivity index (χ4v) is 1.68. The van der Waals surface area contributed by atoms with Gasteiger partial charge in [-0.1, -0.05) is 6.07 Å². The average molecular weight is 275 g/mol. The minimum absolute atomic E-state index is 0.0469. The number of aliphatic hydroxyl groups excluding tert-OH is 1. The van der Waals surface area contributed by atoms with E-state index in [0.717, 1.165) is 12.1 Å². The number of hydrogen-bond acceptors (Lipinski definition) is 6. The van der Waals surface area contributed by atoms with Gasteiger partial charge in [0.2, 0.25) is 5.88 Å². The molecule has 2 rings (SSSR count). The lowest BCUT2D eigenvalue weighted by molar-refractivity contribution is 0.280. The summed E-state index contributed by atoms with van der Waals surface area (Å²) in [5.41, 5.74) is 0.755. The van der Waals surface area contributed by atoms with Crippen LogP contribution in [-0.2, 0) is 6.61 Å². The summed E-state index contributed by atoms with van der Waals surface area (Å²) in [6.45, 7) is 2.71. The summed E-state index contributed by atoms with van der Waals surface area (Å²) in [6, 6.07) is 6.94. The Balaban J connectivity index is 2.22. The van der Waals surface area contributed by atoms with E-state index in [2.05, 4.69) is 15.3 Å². The molecule has 1 heterocycles. The van der Waals surface area contributed by atoms with E-state index in [-0.39, 0.29) is 6.61 Å². The smallest absolute Gasteiger partial charge is 0.224 e. The van der Waals surface area contributed by atoms with Crippen molar-refractivity contribution in [3.63, 3.8) is 0 Å². The molecule has 2 aromatic rings. The molecule has 0 amide bonds. The Labute approximate surface area is 117 Å². The molecule has 106 valence electrons. The molecule has 0 saturated heterocycles. The molecule has 6 heteroatoms. The number of methoxy groups -OCH3 is 1. The highest BCUT2D eigenvalue weighted by molar-refractivity contribution is 5.46. The summed E-state index contributed by atoms with van der Waals surface area (Å²) in [4.78, 5) is 8.13. The lowest BCUT2D eigenvalue weighted by Crippen LogP contribution is -2.00. The molecule has 0 spiro atoms. The highest BCUT2D eigenvalue weighted by Gasteiger charge is 2.08. The van der Waals surface area contributed by atoms with Crippen LogP contribution in [0.3, 0.4) is 0 Å². The van der Waals surface area contributed by atoms with Gasteiger partial charge in [-0.2, -0.15) is 0 Å². The van der Waals surface area contributed by atoms with Crippen LogP contribution in [0.2, 0.25) is 0 Å². The second-order valence-electron chi connectivity index (χ2n) is 4.02. The molecule has 1 aromatic heterocycles. The quantitative estimate of drug-likeness (QED) is 0.841. The lowest BCUT2D eigenvalue weighted by Gasteiger charge is -2.11. The van der Waals surface area contributed by atoms with E-state index in [1.54, 1.807) is 31.4 Å². The Morgan fingerprint density at radius 1 is 1.20 bits per heavy atom. The molecule has 0 radical (unpaired) electrons. The molecular weight excluding hydrogens is 258 g/mol. The van der Waals surface area contributed by atoms with Gasteiger partial charge in [-0.3, -0.25) is 0 Å². The normalized spacial score (nSPS) is 10.2. The van der Waals surface area contributed by atoms with Gasteiger partial charge in [0, 0.05) is 12.6 Å².